The monoisotopic (exact) mass is 385 g/mol. The predicted octanol–water partition coefficient (Wildman–Crippen LogP) is 1.36. The molecule has 0 bridgehead atoms. The van der Waals surface area contributed by atoms with Gasteiger partial charge in [-0.05, 0) is 39.0 Å². The molecule has 1 aromatic carbocycles. The zero-order chi connectivity index (χ0) is 20.4. The molecular formula is C19H20FN5O3. The Balaban J connectivity index is 1.76. The summed E-state index contributed by atoms with van der Waals surface area (Å²) in [5.41, 5.74) is 1.33. The number of halogens is 1. The molecule has 0 aliphatic carbocycles. The van der Waals surface area contributed by atoms with Crippen molar-refractivity contribution in [1.29, 1.82) is 0 Å². The van der Waals surface area contributed by atoms with Crippen molar-refractivity contribution in [1.82, 2.24) is 24.6 Å². The molecule has 0 saturated carbocycles. The Hall–Kier alpha value is -3.49. The van der Waals surface area contributed by atoms with Gasteiger partial charge < -0.3 is 5.32 Å². The van der Waals surface area contributed by atoms with Gasteiger partial charge in [0.25, 0.3) is 5.56 Å². The number of nitrogens with one attached hydrogen (secondary N) is 2. The number of aromatic amines is 1. The topological polar surface area (TPSA) is 102 Å². The Morgan fingerprint density at radius 3 is 2.79 bits per heavy atom. The van der Waals surface area contributed by atoms with E-state index in [-0.39, 0.29) is 24.3 Å². The van der Waals surface area contributed by atoms with Gasteiger partial charge in [-0.25, -0.2) is 13.9 Å². The Labute approximate surface area is 159 Å². The van der Waals surface area contributed by atoms with Gasteiger partial charge >= 0.3 is 5.69 Å². The van der Waals surface area contributed by atoms with E-state index in [0.717, 1.165) is 15.8 Å². The highest BCUT2D eigenvalue weighted by atomic mass is 19.1. The highest BCUT2D eigenvalue weighted by Gasteiger charge is 2.17. The van der Waals surface area contributed by atoms with E-state index in [1.165, 1.54) is 18.3 Å². The number of nitrogens with zero attached hydrogens (tertiary/aromatic N) is 3. The van der Waals surface area contributed by atoms with Crippen LogP contribution in [0.3, 0.4) is 0 Å². The lowest BCUT2D eigenvalue weighted by molar-refractivity contribution is -0.122. The van der Waals surface area contributed by atoms with Crippen molar-refractivity contribution in [3.8, 4) is 5.69 Å². The van der Waals surface area contributed by atoms with E-state index in [9.17, 15) is 18.8 Å². The van der Waals surface area contributed by atoms with Gasteiger partial charge in [0.1, 0.15) is 12.4 Å². The zero-order valence-corrected chi connectivity index (χ0v) is 15.7. The van der Waals surface area contributed by atoms with E-state index in [2.05, 4.69) is 15.4 Å². The molecule has 8 nitrogen and oxygen atoms in total. The summed E-state index contributed by atoms with van der Waals surface area (Å²) >= 11 is 0. The first-order valence-corrected chi connectivity index (χ1v) is 8.66. The molecular weight excluding hydrogens is 365 g/mol. The van der Waals surface area contributed by atoms with Crippen molar-refractivity contribution < 1.29 is 9.18 Å². The zero-order valence-electron chi connectivity index (χ0n) is 15.7. The Morgan fingerprint density at radius 2 is 2.07 bits per heavy atom. The molecule has 2 N–H and O–H groups in total. The summed E-state index contributed by atoms with van der Waals surface area (Å²) in [6.07, 6.45) is 2.96. The van der Waals surface area contributed by atoms with E-state index in [1.807, 2.05) is 6.92 Å². The van der Waals surface area contributed by atoms with Crippen LogP contribution in [0.5, 0.6) is 0 Å². The molecule has 28 heavy (non-hydrogen) atoms. The Bertz CT molecular complexity index is 1140. The molecule has 0 spiro atoms. The van der Waals surface area contributed by atoms with Gasteiger partial charge in [-0.1, -0.05) is 6.07 Å². The molecule has 0 saturated heterocycles. The van der Waals surface area contributed by atoms with Crippen molar-refractivity contribution in [3.63, 3.8) is 0 Å². The van der Waals surface area contributed by atoms with Gasteiger partial charge in [0.15, 0.2) is 0 Å². The van der Waals surface area contributed by atoms with Crippen LogP contribution in [-0.4, -0.2) is 25.2 Å². The second kappa shape index (κ2) is 7.63. The molecule has 9 heteroatoms. The van der Waals surface area contributed by atoms with E-state index >= 15 is 0 Å². The Kier molecular flexibility index (Phi) is 5.25. The fourth-order valence-corrected chi connectivity index (χ4v) is 2.97. The number of benzene rings is 1. The number of aromatic nitrogens is 4. The van der Waals surface area contributed by atoms with Crippen LogP contribution in [0.25, 0.3) is 5.69 Å². The highest BCUT2D eigenvalue weighted by molar-refractivity contribution is 5.76. The maximum absolute atomic E-state index is 13.5. The van der Waals surface area contributed by atoms with Gasteiger partial charge in [-0.2, -0.15) is 5.10 Å². The first-order chi connectivity index (χ1) is 13.3. The highest BCUT2D eigenvalue weighted by Crippen LogP contribution is 2.20. The normalized spacial score (nSPS) is 12.0. The van der Waals surface area contributed by atoms with Gasteiger partial charge in [0.2, 0.25) is 5.91 Å². The van der Waals surface area contributed by atoms with Gasteiger partial charge in [-0.15, -0.1) is 0 Å². The number of amides is 1. The second-order valence-corrected chi connectivity index (χ2v) is 6.57. The summed E-state index contributed by atoms with van der Waals surface area (Å²) in [6.45, 7) is 4.95. The van der Waals surface area contributed by atoms with Crippen LogP contribution >= 0.6 is 0 Å². The molecule has 0 fully saturated rings. The van der Waals surface area contributed by atoms with Crippen molar-refractivity contribution >= 4 is 5.91 Å². The number of H-pyrrole nitrogens is 1. The molecule has 0 radical (unpaired) electrons. The first-order valence-electron chi connectivity index (χ1n) is 8.66. The SMILES string of the molecule is Cc1cn(CC(=O)N[C@@H](C)c2cnn(-c3cccc(F)c3)c2C)c(=O)[nH]c1=O. The number of hydrogen-bond donors (Lipinski definition) is 2. The van der Waals surface area contributed by atoms with Gasteiger partial charge in [0.05, 0.1) is 17.9 Å². The molecule has 1 atom stereocenters. The van der Waals surface area contributed by atoms with Crippen LogP contribution in [0.4, 0.5) is 4.39 Å². The van der Waals surface area contributed by atoms with Crippen molar-refractivity contribution in [2.24, 2.45) is 0 Å². The standard InChI is InChI=1S/C19H20FN5O3/c1-11-9-24(19(28)23-18(11)27)10-17(26)22-12(2)16-8-21-25(13(16)3)15-6-4-5-14(20)7-15/h4-9,12H,10H2,1-3H3,(H,22,26)(H,23,27,28)/t12-/m0/s1. The fourth-order valence-electron chi connectivity index (χ4n) is 2.97. The summed E-state index contributed by atoms with van der Waals surface area (Å²) in [5.74, 6) is -0.754. The molecule has 146 valence electrons. The minimum atomic E-state index is -0.645. The Morgan fingerprint density at radius 1 is 1.32 bits per heavy atom. The van der Waals surface area contributed by atoms with E-state index < -0.39 is 11.2 Å². The molecule has 0 unspecified atom stereocenters. The number of carbonyl (C=O) groups is 1. The summed E-state index contributed by atoms with van der Waals surface area (Å²) in [7, 11) is 0. The van der Waals surface area contributed by atoms with Crippen LogP contribution in [0.2, 0.25) is 0 Å². The van der Waals surface area contributed by atoms with Crippen LogP contribution in [0, 0.1) is 19.7 Å². The van der Waals surface area contributed by atoms with Crippen LogP contribution < -0.4 is 16.6 Å². The summed E-state index contributed by atoms with van der Waals surface area (Å²) in [4.78, 5) is 37.7. The fraction of sp³-hybridized carbons (Fsp3) is 0.263. The average molecular weight is 385 g/mol. The summed E-state index contributed by atoms with van der Waals surface area (Å²) < 4.78 is 16.2. The summed E-state index contributed by atoms with van der Waals surface area (Å²) in [5, 5.41) is 7.08. The maximum Gasteiger partial charge on any atom is 0.328 e. The number of carbonyl (C=O) groups excluding carboxylic acids is 1. The third-order valence-electron chi connectivity index (χ3n) is 4.45. The minimum absolute atomic E-state index is 0.224. The van der Waals surface area contributed by atoms with E-state index in [0.29, 0.717) is 11.3 Å². The quantitative estimate of drug-likeness (QED) is 0.692. The number of rotatable bonds is 5. The van der Waals surface area contributed by atoms with E-state index in [1.54, 1.807) is 36.9 Å². The molecule has 0 aliphatic heterocycles. The van der Waals surface area contributed by atoms with Crippen molar-refractivity contribution in [2.45, 2.75) is 33.4 Å². The lowest BCUT2D eigenvalue weighted by atomic mass is 10.1. The third kappa shape index (κ3) is 3.93. The van der Waals surface area contributed by atoms with Crippen LogP contribution in [-0.2, 0) is 11.3 Å². The second-order valence-electron chi connectivity index (χ2n) is 6.57. The van der Waals surface area contributed by atoms with Crippen molar-refractivity contribution in [2.75, 3.05) is 0 Å². The molecule has 0 aliphatic rings. The molecule has 2 heterocycles. The predicted molar refractivity (Wildman–Crippen MR) is 101 cm³/mol. The molecule has 2 aromatic heterocycles. The van der Waals surface area contributed by atoms with Crippen molar-refractivity contribution in [3.05, 3.63) is 80.1 Å². The average Bonchev–Trinajstić information content (AvgIpc) is 3.01. The lowest BCUT2D eigenvalue weighted by Crippen LogP contribution is -2.37. The summed E-state index contributed by atoms with van der Waals surface area (Å²) in [6, 6.07) is 5.68. The van der Waals surface area contributed by atoms with E-state index in [4.69, 9.17) is 0 Å². The maximum atomic E-state index is 13.5. The van der Waals surface area contributed by atoms with Crippen LogP contribution in [0.15, 0.2) is 46.2 Å². The largest absolute Gasteiger partial charge is 0.348 e. The molecule has 3 aromatic rings. The molecule has 3 rings (SSSR count). The first kappa shape index (κ1) is 19.3. The number of aryl methyl sites for hydroxylation is 1. The third-order valence-corrected chi connectivity index (χ3v) is 4.45. The minimum Gasteiger partial charge on any atom is -0.348 e. The number of hydrogen-bond acceptors (Lipinski definition) is 4. The van der Waals surface area contributed by atoms with Crippen LogP contribution in [0.1, 0.15) is 29.8 Å². The van der Waals surface area contributed by atoms with Gasteiger partial charge in [-0.3, -0.25) is 19.1 Å². The lowest BCUT2D eigenvalue weighted by Gasteiger charge is -2.15. The van der Waals surface area contributed by atoms with Gasteiger partial charge in [0, 0.05) is 23.0 Å². The molecule has 1 amide bonds. The smallest absolute Gasteiger partial charge is 0.328 e.